The van der Waals surface area contributed by atoms with Gasteiger partial charge in [-0.1, -0.05) is 24.3 Å². The maximum absolute atomic E-state index is 12.7. The van der Waals surface area contributed by atoms with Crippen LogP contribution in [0.5, 0.6) is 11.5 Å². The molecule has 3 aromatic rings. The average Bonchev–Trinajstić information content (AvgIpc) is 3.31. The first-order valence-corrected chi connectivity index (χ1v) is 9.91. The number of aromatic nitrogens is 2. The van der Waals surface area contributed by atoms with Crippen LogP contribution in [0.15, 0.2) is 48.5 Å². The highest BCUT2D eigenvalue weighted by Crippen LogP contribution is 2.32. The number of rotatable bonds is 6. The molecule has 0 spiro atoms. The predicted octanol–water partition coefficient (Wildman–Crippen LogP) is 3.90. The van der Waals surface area contributed by atoms with Gasteiger partial charge < -0.3 is 19.7 Å². The van der Waals surface area contributed by atoms with Gasteiger partial charge in [-0.25, -0.2) is 9.97 Å². The number of para-hydroxylation sites is 3. The molecular weight excluding hydrogens is 380 g/mol. The van der Waals surface area contributed by atoms with Gasteiger partial charge in [-0.15, -0.1) is 0 Å². The van der Waals surface area contributed by atoms with Gasteiger partial charge in [0.1, 0.15) is 0 Å². The van der Waals surface area contributed by atoms with Gasteiger partial charge in [-0.2, -0.15) is 0 Å². The van der Waals surface area contributed by atoms with Crippen molar-refractivity contribution in [3.63, 3.8) is 0 Å². The van der Waals surface area contributed by atoms with Crippen LogP contribution in [-0.2, 0) is 4.79 Å². The van der Waals surface area contributed by atoms with Crippen molar-refractivity contribution in [3.8, 4) is 11.5 Å². The van der Waals surface area contributed by atoms with E-state index in [4.69, 9.17) is 14.5 Å². The van der Waals surface area contributed by atoms with Crippen LogP contribution >= 0.6 is 0 Å². The Bertz CT molecular complexity index is 1090. The molecule has 4 rings (SSSR count). The molecular formula is C23H24N4O3. The first-order chi connectivity index (χ1) is 14.7. The minimum absolute atomic E-state index is 0.287. The van der Waals surface area contributed by atoms with Crippen molar-refractivity contribution >= 4 is 34.7 Å². The molecule has 1 aromatic heterocycles. The molecule has 1 amide bonds. The van der Waals surface area contributed by atoms with Crippen molar-refractivity contribution in [2.75, 3.05) is 37.5 Å². The number of nitrogens with zero attached hydrogens (tertiary/aromatic N) is 3. The van der Waals surface area contributed by atoms with E-state index in [1.165, 1.54) is 6.08 Å². The molecule has 0 atom stereocenters. The fourth-order valence-electron chi connectivity index (χ4n) is 3.59. The molecule has 7 heteroatoms. The third kappa shape index (κ3) is 4.05. The summed E-state index contributed by atoms with van der Waals surface area (Å²) in [6.45, 7) is 1.82. The molecule has 1 aliphatic heterocycles. The standard InChI is InChI=1S/C23H24N4O3/c1-29-19-11-7-8-16(21(19)30-2)12-13-20(28)26-22-23(27-14-5-6-15-27)25-18-10-4-3-9-17(18)24-22/h3-4,7-13H,5-6,14-15H2,1-2H3,(H,24,26,28). The number of anilines is 2. The molecule has 0 aliphatic carbocycles. The van der Waals surface area contributed by atoms with Gasteiger partial charge >= 0.3 is 0 Å². The molecule has 154 valence electrons. The van der Waals surface area contributed by atoms with Gasteiger partial charge in [0.2, 0.25) is 5.91 Å². The van der Waals surface area contributed by atoms with Gasteiger partial charge in [0, 0.05) is 24.7 Å². The van der Waals surface area contributed by atoms with Crippen molar-refractivity contribution in [3.05, 3.63) is 54.1 Å². The maximum Gasteiger partial charge on any atom is 0.249 e. The molecule has 2 aromatic carbocycles. The minimum Gasteiger partial charge on any atom is -0.493 e. The molecule has 1 N–H and O–H groups in total. The van der Waals surface area contributed by atoms with Crippen LogP contribution in [-0.4, -0.2) is 43.2 Å². The molecule has 2 heterocycles. The lowest BCUT2D eigenvalue weighted by atomic mass is 10.1. The van der Waals surface area contributed by atoms with Gasteiger partial charge in [-0.3, -0.25) is 4.79 Å². The van der Waals surface area contributed by atoms with E-state index < -0.39 is 0 Å². The van der Waals surface area contributed by atoms with E-state index in [0.29, 0.717) is 23.1 Å². The Morgan fingerprint density at radius 2 is 1.73 bits per heavy atom. The number of carbonyl (C=O) groups is 1. The zero-order chi connectivity index (χ0) is 20.9. The Balaban J connectivity index is 1.61. The fraction of sp³-hybridized carbons (Fsp3) is 0.261. The topological polar surface area (TPSA) is 76.6 Å². The molecule has 7 nitrogen and oxygen atoms in total. The molecule has 1 saturated heterocycles. The lowest BCUT2D eigenvalue weighted by Crippen LogP contribution is -2.22. The summed E-state index contributed by atoms with van der Waals surface area (Å²) in [7, 11) is 3.15. The molecule has 1 aliphatic rings. The van der Waals surface area contributed by atoms with Crippen molar-refractivity contribution in [1.82, 2.24) is 9.97 Å². The lowest BCUT2D eigenvalue weighted by molar-refractivity contribution is -0.111. The molecule has 0 saturated carbocycles. The molecule has 30 heavy (non-hydrogen) atoms. The highest BCUT2D eigenvalue weighted by molar-refractivity contribution is 6.03. The summed E-state index contributed by atoms with van der Waals surface area (Å²) in [4.78, 5) is 24.3. The van der Waals surface area contributed by atoms with Crippen LogP contribution in [0.1, 0.15) is 18.4 Å². The summed E-state index contributed by atoms with van der Waals surface area (Å²) in [5, 5.41) is 2.90. The lowest BCUT2D eigenvalue weighted by Gasteiger charge is -2.19. The molecule has 0 radical (unpaired) electrons. The second-order valence-corrected chi connectivity index (χ2v) is 6.98. The highest BCUT2D eigenvalue weighted by Gasteiger charge is 2.20. The Labute approximate surface area is 175 Å². The number of ether oxygens (including phenoxy) is 2. The SMILES string of the molecule is COc1cccc(C=CC(=O)Nc2nc3ccccc3nc2N2CCCC2)c1OC. The van der Waals surface area contributed by atoms with Crippen LogP contribution in [0.3, 0.4) is 0 Å². The smallest absolute Gasteiger partial charge is 0.249 e. The van der Waals surface area contributed by atoms with Crippen molar-refractivity contribution in [2.45, 2.75) is 12.8 Å². The first-order valence-electron chi connectivity index (χ1n) is 9.91. The van der Waals surface area contributed by atoms with Crippen LogP contribution in [0, 0.1) is 0 Å². The summed E-state index contributed by atoms with van der Waals surface area (Å²) in [6.07, 6.45) is 5.37. The van der Waals surface area contributed by atoms with E-state index >= 15 is 0 Å². The van der Waals surface area contributed by atoms with Crippen LogP contribution in [0.2, 0.25) is 0 Å². The van der Waals surface area contributed by atoms with Crippen molar-refractivity contribution < 1.29 is 14.3 Å². The predicted molar refractivity (Wildman–Crippen MR) is 118 cm³/mol. The molecule has 0 unspecified atom stereocenters. The van der Waals surface area contributed by atoms with Crippen LogP contribution < -0.4 is 19.7 Å². The highest BCUT2D eigenvalue weighted by atomic mass is 16.5. The monoisotopic (exact) mass is 404 g/mol. The third-order valence-corrected chi connectivity index (χ3v) is 5.05. The second kappa shape index (κ2) is 8.82. The summed E-state index contributed by atoms with van der Waals surface area (Å²) in [6, 6.07) is 13.2. The quantitative estimate of drug-likeness (QED) is 0.628. The molecule has 0 bridgehead atoms. The van der Waals surface area contributed by atoms with E-state index in [-0.39, 0.29) is 5.91 Å². The number of hydrogen-bond acceptors (Lipinski definition) is 6. The Morgan fingerprint density at radius 1 is 1.00 bits per heavy atom. The van der Waals surface area contributed by atoms with Crippen molar-refractivity contribution in [2.24, 2.45) is 0 Å². The van der Waals surface area contributed by atoms with Gasteiger partial charge in [0.05, 0.1) is 25.3 Å². The van der Waals surface area contributed by atoms with Crippen LogP contribution in [0.25, 0.3) is 17.1 Å². The van der Waals surface area contributed by atoms with Gasteiger partial charge in [-0.05, 0) is 37.1 Å². The second-order valence-electron chi connectivity index (χ2n) is 6.98. The summed E-state index contributed by atoms with van der Waals surface area (Å²) in [5.74, 6) is 2.09. The Kier molecular flexibility index (Phi) is 5.79. The Hall–Kier alpha value is -3.61. The number of amides is 1. The molecule has 1 fully saturated rings. The summed E-state index contributed by atoms with van der Waals surface area (Å²) >= 11 is 0. The first kappa shape index (κ1) is 19.7. The van der Waals surface area contributed by atoms with Crippen LogP contribution in [0.4, 0.5) is 11.6 Å². The number of fused-ring (bicyclic) bond motifs is 1. The van der Waals surface area contributed by atoms with E-state index in [0.717, 1.165) is 42.5 Å². The number of methoxy groups -OCH3 is 2. The zero-order valence-electron chi connectivity index (χ0n) is 17.1. The number of benzene rings is 2. The van der Waals surface area contributed by atoms with E-state index in [2.05, 4.69) is 15.2 Å². The van der Waals surface area contributed by atoms with E-state index in [9.17, 15) is 4.79 Å². The number of carbonyl (C=O) groups excluding carboxylic acids is 1. The summed E-state index contributed by atoms with van der Waals surface area (Å²) in [5.41, 5.74) is 2.31. The zero-order valence-corrected chi connectivity index (χ0v) is 17.1. The Morgan fingerprint density at radius 3 is 2.43 bits per heavy atom. The fourth-order valence-corrected chi connectivity index (χ4v) is 3.59. The third-order valence-electron chi connectivity index (χ3n) is 5.05. The van der Waals surface area contributed by atoms with Gasteiger partial charge in [0.15, 0.2) is 23.1 Å². The normalized spacial score (nSPS) is 13.7. The van der Waals surface area contributed by atoms with Gasteiger partial charge in [0.25, 0.3) is 0 Å². The van der Waals surface area contributed by atoms with E-state index in [1.54, 1.807) is 20.3 Å². The maximum atomic E-state index is 12.7. The largest absolute Gasteiger partial charge is 0.493 e. The number of nitrogens with one attached hydrogen (secondary N) is 1. The van der Waals surface area contributed by atoms with E-state index in [1.807, 2.05) is 42.5 Å². The average molecular weight is 404 g/mol. The van der Waals surface area contributed by atoms with Crippen molar-refractivity contribution in [1.29, 1.82) is 0 Å². The minimum atomic E-state index is -0.287. The summed E-state index contributed by atoms with van der Waals surface area (Å²) < 4.78 is 10.7. The number of hydrogen-bond donors (Lipinski definition) is 1.